The maximum Gasteiger partial charge on any atom is 0.243 e. The third kappa shape index (κ3) is 4.91. The number of nitrogens with zero attached hydrogens (tertiary/aromatic N) is 1. The first-order valence-corrected chi connectivity index (χ1v) is 11.0. The van der Waals surface area contributed by atoms with Crippen LogP contribution in [0.4, 0.5) is 4.39 Å². The Morgan fingerprint density at radius 2 is 1.70 bits per heavy atom. The molecule has 0 radical (unpaired) electrons. The maximum atomic E-state index is 13.1. The average molecular weight is 437 g/mol. The van der Waals surface area contributed by atoms with Crippen LogP contribution in [0.1, 0.15) is 18.4 Å². The highest BCUT2D eigenvalue weighted by Crippen LogP contribution is 2.28. The molecule has 0 aliphatic carbocycles. The number of sulfonamides is 1. The molecule has 1 fully saturated rings. The normalized spacial score (nSPS) is 15.6. The van der Waals surface area contributed by atoms with E-state index in [0.717, 1.165) is 17.7 Å². The van der Waals surface area contributed by atoms with Gasteiger partial charge in [-0.2, -0.15) is 4.31 Å². The standard InChI is InChI=1S/C21H25FN2O5S/c1-28-19-8-3-15(13-20(19)29-2)14-23-21(25)16-9-11-24(12-10-16)30(26,27)18-6-4-17(22)5-7-18/h3-8,13,16H,9-12,14H2,1-2H3,(H,23,25). The van der Waals surface area contributed by atoms with Crippen LogP contribution >= 0.6 is 0 Å². The van der Waals surface area contributed by atoms with Crippen molar-refractivity contribution in [2.45, 2.75) is 24.3 Å². The molecule has 7 nitrogen and oxygen atoms in total. The first-order valence-electron chi connectivity index (χ1n) is 9.59. The fourth-order valence-corrected chi connectivity index (χ4v) is 4.91. The van der Waals surface area contributed by atoms with E-state index in [1.54, 1.807) is 26.4 Å². The number of carbonyl (C=O) groups is 1. The van der Waals surface area contributed by atoms with E-state index in [-0.39, 0.29) is 29.8 Å². The number of hydrogen-bond donors (Lipinski definition) is 1. The number of halogens is 1. The van der Waals surface area contributed by atoms with Crippen LogP contribution in [-0.4, -0.2) is 45.9 Å². The van der Waals surface area contributed by atoms with E-state index < -0.39 is 15.8 Å². The lowest BCUT2D eigenvalue weighted by atomic mass is 9.97. The van der Waals surface area contributed by atoms with Crippen molar-refractivity contribution < 1.29 is 27.1 Å². The van der Waals surface area contributed by atoms with Crippen LogP contribution in [0.15, 0.2) is 47.4 Å². The zero-order chi connectivity index (χ0) is 21.7. The van der Waals surface area contributed by atoms with Crippen molar-refractivity contribution in [2.24, 2.45) is 5.92 Å². The summed E-state index contributed by atoms with van der Waals surface area (Å²) in [5.74, 6) is 0.345. The second-order valence-corrected chi connectivity index (χ2v) is 8.98. The molecule has 0 aromatic heterocycles. The van der Waals surface area contributed by atoms with Gasteiger partial charge < -0.3 is 14.8 Å². The molecule has 1 aliphatic rings. The molecule has 1 heterocycles. The first kappa shape index (κ1) is 22.0. The minimum atomic E-state index is -3.69. The van der Waals surface area contributed by atoms with E-state index >= 15 is 0 Å². The van der Waals surface area contributed by atoms with Gasteiger partial charge in [0.1, 0.15) is 5.82 Å². The number of rotatable bonds is 7. The van der Waals surface area contributed by atoms with Crippen molar-refractivity contribution in [1.82, 2.24) is 9.62 Å². The second kappa shape index (κ2) is 9.44. The van der Waals surface area contributed by atoms with Gasteiger partial charge in [-0.15, -0.1) is 0 Å². The van der Waals surface area contributed by atoms with Gasteiger partial charge in [-0.25, -0.2) is 12.8 Å². The van der Waals surface area contributed by atoms with Crippen LogP contribution in [0.2, 0.25) is 0 Å². The SMILES string of the molecule is COc1ccc(CNC(=O)C2CCN(S(=O)(=O)c3ccc(F)cc3)CC2)cc1OC. The molecule has 162 valence electrons. The van der Waals surface area contributed by atoms with Gasteiger partial charge in [0.25, 0.3) is 0 Å². The largest absolute Gasteiger partial charge is 0.493 e. The van der Waals surface area contributed by atoms with E-state index in [9.17, 15) is 17.6 Å². The highest BCUT2D eigenvalue weighted by Gasteiger charge is 2.32. The number of carbonyl (C=O) groups excluding carboxylic acids is 1. The molecule has 0 saturated carbocycles. The van der Waals surface area contributed by atoms with Gasteiger partial charge in [0.2, 0.25) is 15.9 Å². The van der Waals surface area contributed by atoms with Crippen molar-refractivity contribution >= 4 is 15.9 Å². The van der Waals surface area contributed by atoms with E-state index in [2.05, 4.69) is 5.32 Å². The van der Waals surface area contributed by atoms with Crippen LogP contribution in [0.5, 0.6) is 11.5 Å². The van der Waals surface area contributed by atoms with Gasteiger partial charge >= 0.3 is 0 Å². The summed E-state index contributed by atoms with van der Waals surface area (Å²) in [7, 11) is -0.581. The number of benzene rings is 2. The molecule has 0 spiro atoms. The smallest absolute Gasteiger partial charge is 0.243 e. The van der Waals surface area contributed by atoms with Crippen LogP contribution in [-0.2, 0) is 21.4 Å². The van der Waals surface area contributed by atoms with Crippen LogP contribution in [0.3, 0.4) is 0 Å². The molecule has 1 saturated heterocycles. The molecule has 1 N–H and O–H groups in total. The Labute approximate surface area is 175 Å². The zero-order valence-electron chi connectivity index (χ0n) is 16.9. The number of piperidine rings is 1. The van der Waals surface area contributed by atoms with Gasteiger partial charge in [0.15, 0.2) is 11.5 Å². The molecule has 3 rings (SSSR count). The van der Waals surface area contributed by atoms with Crippen molar-refractivity contribution in [1.29, 1.82) is 0 Å². The number of methoxy groups -OCH3 is 2. The van der Waals surface area contributed by atoms with Gasteiger partial charge in [0.05, 0.1) is 19.1 Å². The topological polar surface area (TPSA) is 84.9 Å². The van der Waals surface area contributed by atoms with Gasteiger partial charge in [-0.1, -0.05) is 6.07 Å². The second-order valence-electron chi connectivity index (χ2n) is 7.04. The number of ether oxygens (including phenoxy) is 2. The Kier molecular flexibility index (Phi) is 6.94. The minimum absolute atomic E-state index is 0.0558. The summed E-state index contributed by atoms with van der Waals surface area (Å²) < 4.78 is 50.2. The van der Waals surface area contributed by atoms with Crippen LogP contribution in [0.25, 0.3) is 0 Å². The van der Waals surface area contributed by atoms with Crippen LogP contribution in [0, 0.1) is 11.7 Å². The summed E-state index contributed by atoms with van der Waals surface area (Å²) in [6, 6.07) is 10.2. The van der Waals surface area contributed by atoms with Gasteiger partial charge in [-0.3, -0.25) is 4.79 Å². The van der Waals surface area contributed by atoms with Gasteiger partial charge in [0, 0.05) is 25.6 Å². The lowest BCUT2D eigenvalue weighted by molar-refractivity contribution is -0.126. The molecule has 1 aliphatic heterocycles. The molecule has 2 aromatic rings. The third-order valence-corrected chi connectivity index (χ3v) is 7.10. The summed E-state index contributed by atoms with van der Waals surface area (Å²) in [5, 5.41) is 2.90. The predicted molar refractivity (Wildman–Crippen MR) is 109 cm³/mol. The van der Waals surface area contributed by atoms with Gasteiger partial charge in [-0.05, 0) is 54.8 Å². The molecule has 30 heavy (non-hydrogen) atoms. The van der Waals surface area contributed by atoms with E-state index in [0.29, 0.717) is 30.9 Å². The molecule has 9 heteroatoms. The summed E-state index contributed by atoms with van der Waals surface area (Å²) in [6.07, 6.45) is 0.858. The number of amides is 1. The zero-order valence-corrected chi connectivity index (χ0v) is 17.7. The molecule has 0 atom stereocenters. The summed E-state index contributed by atoms with van der Waals surface area (Å²) in [4.78, 5) is 12.6. The molecular formula is C21H25FN2O5S. The third-order valence-electron chi connectivity index (χ3n) is 5.19. The summed E-state index contributed by atoms with van der Waals surface area (Å²) in [5.41, 5.74) is 0.873. The Bertz CT molecular complexity index is 987. The highest BCUT2D eigenvalue weighted by molar-refractivity contribution is 7.89. The van der Waals surface area contributed by atoms with E-state index in [1.165, 1.54) is 16.4 Å². The van der Waals surface area contributed by atoms with Crippen molar-refractivity contribution in [3.8, 4) is 11.5 Å². The summed E-state index contributed by atoms with van der Waals surface area (Å²) in [6.45, 7) is 0.829. The molecule has 1 amide bonds. The molecular weight excluding hydrogens is 411 g/mol. The first-order chi connectivity index (χ1) is 14.3. The average Bonchev–Trinajstić information content (AvgIpc) is 2.77. The lowest BCUT2D eigenvalue weighted by Gasteiger charge is -2.30. The molecule has 0 unspecified atom stereocenters. The minimum Gasteiger partial charge on any atom is -0.493 e. The Balaban J connectivity index is 1.55. The number of hydrogen-bond acceptors (Lipinski definition) is 5. The van der Waals surface area contributed by atoms with Crippen LogP contribution < -0.4 is 14.8 Å². The molecule has 2 aromatic carbocycles. The number of nitrogens with one attached hydrogen (secondary N) is 1. The fraction of sp³-hybridized carbons (Fsp3) is 0.381. The fourth-order valence-electron chi connectivity index (χ4n) is 3.44. The Hall–Kier alpha value is -2.65. The molecule has 0 bridgehead atoms. The Morgan fingerprint density at radius 1 is 1.07 bits per heavy atom. The quantitative estimate of drug-likeness (QED) is 0.721. The van der Waals surface area contributed by atoms with Crippen molar-refractivity contribution in [2.75, 3.05) is 27.3 Å². The maximum absolute atomic E-state index is 13.1. The predicted octanol–water partition coefficient (Wildman–Crippen LogP) is 2.56. The van der Waals surface area contributed by atoms with Crippen molar-refractivity contribution in [3.63, 3.8) is 0 Å². The van der Waals surface area contributed by atoms with E-state index in [4.69, 9.17) is 9.47 Å². The lowest BCUT2D eigenvalue weighted by Crippen LogP contribution is -2.42. The highest BCUT2D eigenvalue weighted by atomic mass is 32.2. The van der Waals surface area contributed by atoms with E-state index in [1.807, 2.05) is 6.07 Å². The Morgan fingerprint density at radius 3 is 2.30 bits per heavy atom. The summed E-state index contributed by atoms with van der Waals surface area (Å²) >= 11 is 0. The monoisotopic (exact) mass is 436 g/mol. The van der Waals surface area contributed by atoms with Crippen molar-refractivity contribution in [3.05, 3.63) is 53.8 Å².